The second kappa shape index (κ2) is 11.4. The van der Waals surface area contributed by atoms with Gasteiger partial charge in [0.15, 0.2) is 0 Å². The number of morpholine rings is 1. The maximum absolute atomic E-state index is 6.00. The summed E-state index contributed by atoms with van der Waals surface area (Å²) in [6.07, 6.45) is 0.879. The molecule has 0 bridgehead atoms. The van der Waals surface area contributed by atoms with Crippen LogP contribution in [0.15, 0.2) is 89.9 Å². The molecule has 4 heteroatoms. The van der Waals surface area contributed by atoms with Crippen LogP contribution < -0.4 is 4.74 Å². The fraction of sp³-hybridized carbons (Fsp3) is 0.296. The van der Waals surface area contributed by atoms with Crippen LogP contribution in [0.1, 0.15) is 16.7 Å². The van der Waals surface area contributed by atoms with Gasteiger partial charge in [-0.1, -0.05) is 72.8 Å². The molecule has 31 heavy (non-hydrogen) atoms. The van der Waals surface area contributed by atoms with Crippen LogP contribution >= 0.6 is 0 Å². The molecule has 0 N–H and O–H groups in total. The molecule has 0 atom stereocenters. The Morgan fingerprint density at radius 3 is 2.19 bits per heavy atom. The van der Waals surface area contributed by atoms with Gasteiger partial charge in [-0.2, -0.15) is 0 Å². The predicted octanol–water partition coefficient (Wildman–Crippen LogP) is 4.48. The van der Waals surface area contributed by atoms with Crippen molar-refractivity contribution in [2.75, 3.05) is 46.0 Å². The van der Waals surface area contributed by atoms with Gasteiger partial charge in [0.25, 0.3) is 0 Å². The highest BCUT2D eigenvalue weighted by atomic mass is 16.5. The normalized spacial score (nSPS) is 14.2. The van der Waals surface area contributed by atoms with Crippen molar-refractivity contribution in [1.82, 2.24) is 4.90 Å². The van der Waals surface area contributed by atoms with Crippen LogP contribution in [0.2, 0.25) is 0 Å². The number of ether oxygens (including phenoxy) is 2. The molecule has 0 unspecified atom stereocenters. The first kappa shape index (κ1) is 21.3. The molecule has 1 fully saturated rings. The number of hydrogen-bond donors (Lipinski definition) is 0. The summed E-state index contributed by atoms with van der Waals surface area (Å²) in [7, 11) is 0. The van der Waals surface area contributed by atoms with Gasteiger partial charge >= 0.3 is 0 Å². The molecule has 1 aliphatic heterocycles. The third-order valence-electron chi connectivity index (χ3n) is 5.44. The summed E-state index contributed by atoms with van der Waals surface area (Å²) < 4.78 is 11.4. The van der Waals surface area contributed by atoms with Crippen molar-refractivity contribution < 1.29 is 9.47 Å². The van der Waals surface area contributed by atoms with Gasteiger partial charge in [0.2, 0.25) is 0 Å². The summed E-state index contributed by atoms with van der Waals surface area (Å²) in [4.78, 5) is 7.36. The molecule has 1 saturated heterocycles. The minimum atomic E-state index is 0.702. The second-order valence-corrected chi connectivity index (χ2v) is 7.66. The highest BCUT2D eigenvalue weighted by molar-refractivity contribution is 6.12. The van der Waals surface area contributed by atoms with E-state index in [1.165, 1.54) is 5.56 Å². The van der Waals surface area contributed by atoms with Crippen LogP contribution in [0.4, 0.5) is 0 Å². The maximum atomic E-state index is 6.00. The fourth-order valence-electron chi connectivity index (χ4n) is 3.75. The first-order chi connectivity index (χ1) is 15.4. The molecule has 0 saturated carbocycles. The Morgan fingerprint density at radius 1 is 0.839 bits per heavy atom. The van der Waals surface area contributed by atoms with Crippen LogP contribution in [0.5, 0.6) is 5.75 Å². The summed E-state index contributed by atoms with van der Waals surface area (Å²) in [5, 5.41) is 0. The summed E-state index contributed by atoms with van der Waals surface area (Å²) >= 11 is 0. The predicted molar refractivity (Wildman–Crippen MR) is 126 cm³/mol. The van der Waals surface area contributed by atoms with Gasteiger partial charge in [0.1, 0.15) is 12.4 Å². The standard InChI is InChI=1S/C27H30N2O2/c1-3-9-24(10-4-1)27(25-11-5-2-6-12-25)28-15-14-23-8-7-13-26(22-23)31-21-18-29-16-19-30-20-17-29/h1-13,22H,14-21H2. The summed E-state index contributed by atoms with van der Waals surface area (Å²) in [6, 6.07) is 29.2. The molecular formula is C27H30N2O2. The third-order valence-corrected chi connectivity index (χ3v) is 5.44. The fourth-order valence-corrected chi connectivity index (χ4v) is 3.75. The van der Waals surface area contributed by atoms with E-state index in [1.807, 2.05) is 18.2 Å². The van der Waals surface area contributed by atoms with Crippen molar-refractivity contribution in [1.29, 1.82) is 0 Å². The molecule has 0 aliphatic carbocycles. The van der Waals surface area contributed by atoms with E-state index in [2.05, 4.69) is 71.6 Å². The molecule has 0 amide bonds. The van der Waals surface area contributed by atoms with Crippen molar-refractivity contribution in [3.05, 3.63) is 102 Å². The largest absolute Gasteiger partial charge is 0.492 e. The Kier molecular flexibility index (Phi) is 7.86. The van der Waals surface area contributed by atoms with Gasteiger partial charge in [-0.25, -0.2) is 0 Å². The van der Waals surface area contributed by atoms with Crippen molar-refractivity contribution in [2.45, 2.75) is 6.42 Å². The Labute approximate surface area is 185 Å². The highest BCUT2D eigenvalue weighted by Gasteiger charge is 2.10. The number of benzene rings is 3. The van der Waals surface area contributed by atoms with Crippen LogP contribution in [-0.2, 0) is 11.2 Å². The first-order valence-corrected chi connectivity index (χ1v) is 11.1. The zero-order valence-corrected chi connectivity index (χ0v) is 18.0. The average molecular weight is 415 g/mol. The molecule has 3 aromatic rings. The van der Waals surface area contributed by atoms with Crippen molar-refractivity contribution >= 4 is 5.71 Å². The molecule has 0 aromatic heterocycles. The summed E-state index contributed by atoms with van der Waals surface area (Å²) in [6.45, 7) is 6.01. The van der Waals surface area contributed by atoms with Crippen molar-refractivity contribution in [2.24, 2.45) is 4.99 Å². The Balaban J connectivity index is 1.36. The Hall–Kier alpha value is -2.95. The van der Waals surface area contributed by atoms with Gasteiger partial charge in [-0.15, -0.1) is 0 Å². The van der Waals surface area contributed by atoms with E-state index < -0.39 is 0 Å². The van der Waals surface area contributed by atoms with Gasteiger partial charge in [0.05, 0.1) is 18.9 Å². The van der Waals surface area contributed by atoms with Crippen LogP contribution in [0, 0.1) is 0 Å². The molecule has 1 heterocycles. The van der Waals surface area contributed by atoms with E-state index in [9.17, 15) is 0 Å². The lowest BCUT2D eigenvalue weighted by Crippen LogP contribution is -2.38. The van der Waals surface area contributed by atoms with Gasteiger partial charge in [-0.05, 0) is 24.1 Å². The third kappa shape index (κ3) is 6.51. The monoisotopic (exact) mass is 414 g/mol. The van der Waals surface area contributed by atoms with E-state index in [-0.39, 0.29) is 0 Å². The Morgan fingerprint density at radius 2 is 1.52 bits per heavy atom. The summed E-state index contributed by atoms with van der Waals surface area (Å²) in [5.74, 6) is 0.932. The molecule has 4 nitrogen and oxygen atoms in total. The van der Waals surface area contributed by atoms with Crippen molar-refractivity contribution in [3.8, 4) is 5.75 Å². The lowest BCUT2D eigenvalue weighted by molar-refractivity contribution is 0.0322. The smallest absolute Gasteiger partial charge is 0.119 e. The van der Waals surface area contributed by atoms with Crippen molar-refractivity contribution in [3.63, 3.8) is 0 Å². The number of aliphatic imine (C=N–C) groups is 1. The SMILES string of the molecule is c1ccc(C(=NCCc2cccc(OCCN3CCOCC3)c2)c2ccccc2)cc1. The highest BCUT2D eigenvalue weighted by Crippen LogP contribution is 2.15. The van der Waals surface area contributed by atoms with Crippen LogP contribution in [-0.4, -0.2) is 56.6 Å². The molecule has 0 spiro atoms. The van der Waals surface area contributed by atoms with E-state index in [0.29, 0.717) is 6.61 Å². The maximum Gasteiger partial charge on any atom is 0.119 e. The van der Waals surface area contributed by atoms with E-state index in [1.54, 1.807) is 0 Å². The zero-order chi connectivity index (χ0) is 21.1. The van der Waals surface area contributed by atoms with Gasteiger partial charge < -0.3 is 9.47 Å². The zero-order valence-electron chi connectivity index (χ0n) is 18.0. The molecule has 3 aromatic carbocycles. The van der Waals surface area contributed by atoms with E-state index >= 15 is 0 Å². The average Bonchev–Trinajstić information content (AvgIpc) is 2.84. The quantitative estimate of drug-likeness (QED) is 0.484. The minimum absolute atomic E-state index is 0.702. The molecule has 0 radical (unpaired) electrons. The lowest BCUT2D eigenvalue weighted by atomic mass is 10.0. The second-order valence-electron chi connectivity index (χ2n) is 7.66. The van der Waals surface area contributed by atoms with Crippen LogP contribution in [0.3, 0.4) is 0 Å². The molecule has 4 rings (SSSR count). The molecule has 1 aliphatic rings. The minimum Gasteiger partial charge on any atom is -0.492 e. The number of nitrogens with zero attached hydrogens (tertiary/aromatic N) is 2. The number of rotatable bonds is 9. The lowest BCUT2D eigenvalue weighted by Gasteiger charge is -2.26. The molecular weight excluding hydrogens is 384 g/mol. The number of hydrogen-bond acceptors (Lipinski definition) is 4. The van der Waals surface area contributed by atoms with E-state index in [4.69, 9.17) is 14.5 Å². The first-order valence-electron chi connectivity index (χ1n) is 11.1. The van der Waals surface area contributed by atoms with Gasteiger partial charge in [-0.3, -0.25) is 9.89 Å². The molecule has 160 valence electrons. The van der Waals surface area contributed by atoms with Gasteiger partial charge in [0, 0.05) is 37.3 Å². The Bertz CT molecular complexity index is 910. The summed E-state index contributed by atoms with van der Waals surface area (Å²) in [5.41, 5.74) is 4.58. The van der Waals surface area contributed by atoms with E-state index in [0.717, 1.165) is 68.4 Å². The topological polar surface area (TPSA) is 34.1 Å². The van der Waals surface area contributed by atoms with Crippen LogP contribution in [0.25, 0.3) is 0 Å².